The number of hydrogen-bond acceptors (Lipinski definition) is 4. The summed E-state index contributed by atoms with van der Waals surface area (Å²) in [6.07, 6.45) is 0. The number of benzene rings is 1. The molecule has 1 rings (SSSR count). The van der Waals surface area contributed by atoms with Crippen LogP contribution in [0, 0.1) is 0 Å². The molecular weight excluding hydrogens is 258 g/mol. The highest BCUT2D eigenvalue weighted by Gasteiger charge is 2.32. The van der Waals surface area contributed by atoms with E-state index in [0.717, 1.165) is 0 Å². The van der Waals surface area contributed by atoms with E-state index >= 15 is 0 Å². The topological polar surface area (TPSA) is 113 Å². The zero-order chi connectivity index (χ0) is 12.2. The van der Waals surface area contributed by atoms with Gasteiger partial charge in [0.1, 0.15) is 0 Å². The van der Waals surface area contributed by atoms with Crippen LogP contribution in [0.3, 0.4) is 0 Å². The van der Waals surface area contributed by atoms with Gasteiger partial charge in [0.05, 0.1) is 0 Å². The highest BCUT2D eigenvalue weighted by molar-refractivity contribution is 7.69. The molecule has 0 aliphatic carbocycles. The number of hydrogen-bond donors (Lipinski definition) is 3. The van der Waals surface area contributed by atoms with Gasteiger partial charge < -0.3 is 19.6 Å². The van der Waals surface area contributed by atoms with Crippen LogP contribution in [0.25, 0.3) is 0 Å². The van der Waals surface area contributed by atoms with E-state index < -0.39 is 21.1 Å². The Hall–Kier alpha value is -0.680. The molecule has 7 nitrogen and oxygen atoms in total. The third kappa shape index (κ3) is 5.42. The van der Waals surface area contributed by atoms with E-state index in [1.54, 1.807) is 18.2 Å². The van der Waals surface area contributed by atoms with E-state index in [2.05, 4.69) is 9.56 Å². The molecule has 9 heteroatoms. The van der Waals surface area contributed by atoms with Gasteiger partial charge in [0.2, 0.25) is 0 Å². The molecule has 0 spiro atoms. The van der Waals surface area contributed by atoms with Crippen molar-refractivity contribution in [2.24, 2.45) is 0 Å². The van der Waals surface area contributed by atoms with E-state index in [1.807, 2.05) is 0 Å². The summed E-state index contributed by atoms with van der Waals surface area (Å²) >= 11 is 0. The third-order valence-corrected chi connectivity index (χ3v) is 4.57. The van der Waals surface area contributed by atoms with Gasteiger partial charge in [0.25, 0.3) is 0 Å². The first-order chi connectivity index (χ1) is 7.29. The van der Waals surface area contributed by atoms with E-state index in [-0.39, 0.29) is 5.75 Å². The Balaban J connectivity index is 2.55. The molecule has 0 amide bonds. The molecule has 1 unspecified atom stereocenters. The van der Waals surface area contributed by atoms with Crippen molar-refractivity contribution in [1.29, 1.82) is 0 Å². The predicted molar refractivity (Wildman–Crippen MR) is 54.9 cm³/mol. The highest BCUT2D eigenvalue weighted by Crippen LogP contribution is 2.55. The molecule has 90 valence electrons. The Morgan fingerprint density at radius 2 is 1.62 bits per heavy atom. The Morgan fingerprint density at radius 1 is 1.06 bits per heavy atom. The van der Waals surface area contributed by atoms with Crippen LogP contribution in [0.4, 0.5) is 0 Å². The predicted octanol–water partition coefficient (Wildman–Crippen LogP) is 1.32. The maximum Gasteiger partial charge on any atom is 0.378 e. The molecule has 0 heterocycles. The molecule has 16 heavy (non-hydrogen) atoms. The molecule has 3 N–H and O–H groups in total. The molecular formula is C7H10O7P2. The second-order valence-corrected chi connectivity index (χ2v) is 6.80. The van der Waals surface area contributed by atoms with Gasteiger partial charge in [-0.1, -0.05) is 22.9 Å². The lowest BCUT2D eigenvalue weighted by Crippen LogP contribution is -1.99. The van der Waals surface area contributed by atoms with Gasteiger partial charge in [-0.3, -0.25) is 9.13 Å². The summed E-state index contributed by atoms with van der Waals surface area (Å²) in [4.78, 5) is 30.5. The van der Waals surface area contributed by atoms with Gasteiger partial charge in [-0.25, -0.2) is 0 Å². The minimum absolute atomic E-state index is 0.155. The zero-order valence-electron chi connectivity index (χ0n) is 7.96. The molecule has 0 bridgehead atoms. The summed E-state index contributed by atoms with van der Waals surface area (Å²) < 4.78 is 25.7. The van der Waals surface area contributed by atoms with E-state index in [1.165, 1.54) is 12.1 Å². The Labute approximate surface area is 91.3 Å². The second-order valence-electron chi connectivity index (χ2n) is 2.91. The average Bonchev–Trinajstić information content (AvgIpc) is 2.13. The van der Waals surface area contributed by atoms with Crippen molar-refractivity contribution in [3.05, 3.63) is 30.3 Å². The molecule has 0 saturated carbocycles. The van der Waals surface area contributed by atoms with Crippen LogP contribution in [0.5, 0.6) is 5.75 Å². The number of para-hydroxylation sites is 1. The van der Waals surface area contributed by atoms with Gasteiger partial charge in [-0.15, -0.1) is 0 Å². The minimum Gasteiger partial charge on any atom is -0.329 e. The molecule has 0 saturated heterocycles. The van der Waals surface area contributed by atoms with Crippen LogP contribution < -0.4 is 4.89 Å². The fourth-order valence-electron chi connectivity index (χ4n) is 0.834. The standard InChI is InChI=1S/C7H10O7P2/c8-15(9,10)6-16(11,12)14-13-7-4-2-1-3-5-7/h1-5H,6H2,(H,11,12)(H2,8,9,10). The first kappa shape index (κ1) is 13.4. The maximum absolute atomic E-state index is 11.1. The van der Waals surface area contributed by atoms with E-state index in [4.69, 9.17) is 14.7 Å². The molecule has 0 radical (unpaired) electrons. The first-order valence-corrected chi connectivity index (χ1v) is 7.62. The summed E-state index contributed by atoms with van der Waals surface area (Å²) in [5.41, 5.74) is 0. The van der Waals surface area contributed by atoms with Crippen molar-refractivity contribution in [1.82, 2.24) is 0 Å². The Kier molecular flexibility index (Phi) is 4.27. The first-order valence-electron chi connectivity index (χ1n) is 4.06. The van der Waals surface area contributed by atoms with Gasteiger partial charge >= 0.3 is 15.2 Å². The van der Waals surface area contributed by atoms with Gasteiger partial charge in [0, 0.05) is 0 Å². The van der Waals surface area contributed by atoms with Crippen LogP contribution in [-0.4, -0.2) is 20.6 Å². The molecule has 0 aliphatic rings. The fraction of sp³-hybridized carbons (Fsp3) is 0.143. The summed E-state index contributed by atoms with van der Waals surface area (Å²) in [5, 5.41) is 0. The molecule has 1 aromatic rings. The van der Waals surface area contributed by atoms with Gasteiger partial charge in [-0.2, -0.15) is 0 Å². The molecule has 0 aliphatic heterocycles. The van der Waals surface area contributed by atoms with Crippen LogP contribution in [-0.2, 0) is 13.8 Å². The van der Waals surface area contributed by atoms with Crippen LogP contribution in [0.2, 0.25) is 0 Å². The summed E-state index contributed by atoms with van der Waals surface area (Å²) in [6.45, 7) is 0. The van der Waals surface area contributed by atoms with E-state index in [9.17, 15) is 9.13 Å². The molecule has 1 atom stereocenters. The second kappa shape index (κ2) is 5.10. The number of rotatable bonds is 5. The van der Waals surface area contributed by atoms with Crippen molar-refractivity contribution < 1.29 is 33.4 Å². The fourth-order valence-corrected chi connectivity index (χ4v) is 3.09. The monoisotopic (exact) mass is 268 g/mol. The van der Waals surface area contributed by atoms with Crippen molar-refractivity contribution >= 4 is 15.2 Å². The highest BCUT2D eigenvalue weighted by atomic mass is 31.2. The molecule has 0 aromatic heterocycles. The lowest BCUT2D eigenvalue weighted by Gasteiger charge is -2.11. The van der Waals surface area contributed by atoms with Crippen LogP contribution in [0.15, 0.2) is 30.3 Å². The molecule has 1 aromatic carbocycles. The largest absolute Gasteiger partial charge is 0.378 e. The van der Waals surface area contributed by atoms with Gasteiger partial charge in [-0.05, 0) is 12.1 Å². The average molecular weight is 268 g/mol. The van der Waals surface area contributed by atoms with Crippen molar-refractivity contribution in [3.63, 3.8) is 0 Å². The lowest BCUT2D eigenvalue weighted by atomic mass is 10.3. The summed E-state index contributed by atoms with van der Waals surface area (Å²) in [5.74, 6) is -1.13. The summed E-state index contributed by atoms with van der Waals surface area (Å²) in [7, 11) is -9.09. The van der Waals surface area contributed by atoms with Crippen LogP contribution >= 0.6 is 15.2 Å². The smallest absolute Gasteiger partial charge is 0.329 e. The van der Waals surface area contributed by atoms with E-state index in [0.29, 0.717) is 0 Å². The minimum atomic E-state index is -4.63. The molecule has 0 fully saturated rings. The van der Waals surface area contributed by atoms with Gasteiger partial charge in [0.15, 0.2) is 11.7 Å². The lowest BCUT2D eigenvalue weighted by molar-refractivity contribution is -0.108. The third-order valence-electron chi connectivity index (χ3n) is 1.36. The van der Waals surface area contributed by atoms with Crippen molar-refractivity contribution in [3.8, 4) is 5.75 Å². The van der Waals surface area contributed by atoms with Crippen molar-refractivity contribution in [2.45, 2.75) is 0 Å². The van der Waals surface area contributed by atoms with Crippen LogP contribution in [0.1, 0.15) is 0 Å². The Bertz CT molecular complexity index is 426. The zero-order valence-corrected chi connectivity index (χ0v) is 9.75. The quantitative estimate of drug-likeness (QED) is 0.419. The SMILES string of the molecule is O=P(O)(O)CP(=O)(O)OOc1ccccc1. The Morgan fingerprint density at radius 3 is 2.12 bits per heavy atom. The maximum atomic E-state index is 11.1. The van der Waals surface area contributed by atoms with Crippen molar-refractivity contribution in [2.75, 3.05) is 5.90 Å². The normalized spacial score (nSPS) is 15.4. The summed E-state index contributed by atoms with van der Waals surface area (Å²) in [6, 6.07) is 7.81.